The lowest BCUT2D eigenvalue weighted by Gasteiger charge is -2.11. The van der Waals surface area contributed by atoms with Crippen LogP contribution in [-0.2, 0) is 11.3 Å². The summed E-state index contributed by atoms with van der Waals surface area (Å²) < 4.78 is 8.47. The second-order valence-electron chi connectivity index (χ2n) is 7.48. The second kappa shape index (κ2) is 8.91. The Balaban J connectivity index is 1.44. The fourth-order valence-corrected chi connectivity index (χ4v) is 4.48. The van der Waals surface area contributed by atoms with E-state index >= 15 is 0 Å². The zero-order valence-electron chi connectivity index (χ0n) is 17.8. The number of benzene rings is 2. The molecule has 0 saturated carbocycles. The SMILES string of the molecule is Cc1cc(NC(=O)CCSc2nnc3n(Cc4ccccc4)c(=O)c4ccccc4n23)no1. The van der Waals surface area contributed by atoms with Gasteiger partial charge in [-0.1, -0.05) is 59.4 Å². The van der Waals surface area contributed by atoms with Gasteiger partial charge >= 0.3 is 0 Å². The minimum atomic E-state index is -0.171. The van der Waals surface area contributed by atoms with Gasteiger partial charge in [-0.05, 0) is 24.6 Å². The molecule has 0 unspecified atom stereocenters. The minimum absolute atomic E-state index is 0.117. The molecule has 0 bridgehead atoms. The van der Waals surface area contributed by atoms with E-state index in [1.807, 2.05) is 52.9 Å². The highest BCUT2D eigenvalue weighted by molar-refractivity contribution is 7.99. The van der Waals surface area contributed by atoms with Gasteiger partial charge in [0.2, 0.25) is 11.7 Å². The van der Waals surface area contributed by atoms with Crippen molar-refractivity contribution in [3.05, 3.63) is 82.3 Å². The molecule has 0 radical (unpaired) electrons. The molecule has 0 aliphatic rings. The average Bonchev–Trinajstić information content (AvgIpc) is 3.43. The number of hydrogen-bond acceptors (Lipinski definition) is 7. The first-order chi connectivity index (χ1) is 16.1. The maximum atomic E-state index is 13.2. The molecule has 3 aromatic heterocycles. The first kappa shape index (κ1) is 21.0. The number of rotatable bonds is 7. The molecular weight excluding hydrogens is 440 g/mol. The van der Waals surface area contributed by atoms with Gasteiger partial charge in [0.25, 0.3) is 5.56 Å². The molecular formula is C23H20N6O3S. The van der Waals surface area contributed by atoms with Crippen molar-refractivity contribution in [3.8, 4) is 0 Å². The van der Waals surface area contributed by atoms with Crippen molar-refractivity contribution in [1.29, 1.82) is 0 Å². The Morgan fingerprint density at radius 2 is 1.88 bits per heavy atom. The van der Waals surface area contributed by atoms with Crippen LogP contribution in [0.15, 0.2) is 75.1 Å². The highest BCUT2D eigenvalue weighted by atomic mass is 32.2. The van der Waals surface area contributed by atoms with Gasteiger partial charge in [-0.15, -0.1) is 10.2 Å². The Morgan fingerprint density at radius 1 is 1.09 bits per heavy atom. The topological polar surface area (TPSA) is 107 Å². The molecule has 5 rings (SSSR count). The van der Waals surface area contributed by atoms with Crippen LogP contribution in [0.25, 0.3) is 16.7 Å². The molecule has 0 fully saturated rings. The third-order valence-electron chi connectivity index (χ3n) is 5.12. The predicted octanol–water partition coefficient (Wildman–Crippen LogP) is 3.51. The van der Waals surface area contributed by atoms with E-state index in [-0.39, 0.29) is 17.9 Å². The van der Waals surface area contributed by atoms with Gasteiger partial charge in [-0.25, -0.2) is 0 Å². The fourth-order valence-electron chi connectivity index (χ4n) is 3.60. The van der Waals surface area contributed by atoms with Crippen LogP contribution in [0.1, 0.15) is 17.7 Å². The number of nitrogens with zero attached hydrogens (tertiary/aromatic N) is 5. The lowest BCUT2D eigenvalue weighted by molar-refractivity contribution is -0.115. The molecule has 0 saturated heterocycles. The summed E-state index contributed by atoms with van der Waals surface area (Å²) in [5.41, 5.74) is 1.61. The van der Waals surface area contributed by atoms with Crippen molar-refractivity contribution in [2.45, 2.75) is 25.0 Å². The first-order valence-electron chi connectivity index (χ1n) is 10.4. The van der Waals surface area contributed by atoms with Crippen LogP contribution in [0, 0.1) is 6.92 Å². The summed E-state index contributed by atoms with van der Waals surface area (Å²) in [5, 5.41) is 16.3. The average molecular weight is 461 g/mol. The molecule has 10 heteroatoms. The van der Waals surface area contributed by atoms with Gasteiger partial charge in [0.05, 0.1) is 17.4 Å². The molecule has 5 aromatic rings. The van der Waals surface area contributed by atoms with Crippen LogP contribution in [0.2, 0.25) is 0 Å². The van der Waals surface area contributed by atoms with Crippen LogP contribution in [0.3, 0.4) is 0 Å². The third kappa shape index (κ3) is 4.24. The van der Waals surface area contributed by atoms with Gasteiger partial charge in [0, 0.05) is 18.2 Å². The zero-order valence-corrected chi connectivity index (χ0v) is 18.6. The van der Waals surface area contributed by atoms with Crippen LogP contribution >= 0.6 is 11.8 Å². The Kier molecular flexibility index (Phi) is 5.66. The summed E-state index contributed by atoms with van der Waals surface area (Å²) >= 11 is 1.41. The summed E-state index contributed by atoms with van der Waals surface area (Å²) in [4.78, 5) is 25.5. The zero-order chi connectivity index (χ0) is 22.8. The molecule has 9 nitrogen and oxygen atoms in total. The van der Waals surface area contributed by atoms with Crippen LogP contribution in [0.5, 0.6) is 0 Å². The highest BCUT2D eigenvalue weighted by Gasteiger charge is 2.17. The van der Waals surface area contributed by atoms with Crippen molar-refractivity contribution >= 4 is 40.2 Å². The van der Waals surface area contributed by atoms with Crippen molar-refractivity contribution in [2.75, 3.05) is 11.1 Å². The first-order valence-corrected chi connectivity index (χ1v) is 11.4. The molecule has 3 heterocycles. The molecule has 0 aliphatic heterocycles. The number of aromatic nitrogens is 5. The molecule has 0 atom stereocenters. The monoisotopic (exact) mass is 460 g/mol. The lowest BCUT2D eigenvalue weighted by Crippen LogP contribution is -2.24. The Morgan fingerprint density at radius 3 is 2.67 bits per heavy atom. The van der Waals surface area contributed by atoms with Crippen LogP contribution < -0.4 is 10.9 Å². The number of aryl methyl sites for hydroxylation is 1. The Bertz CT molecular complexity index is 1510. The van der Waals surface area contributed by atoms with E-state index in [1.165, 1.54) is 11.8 Å². The number of amides is 1. The van der Waals surface area contributed by atoms with Crippen molar-refractivity contribution in [2.24, 2.45) is 0 Å². The predicted molar refractivity (Wildman–Crippen MR) is 126 cm³/mol. The summed E-state index contributed by atoms with van der Waals surface area (Å²) in [5.74, 6) is 1.80. The molecule has 1 amide bonds. The van der Waals surface area contributed by atoms with E-state index in [0.717, 1.165) is 11.1 Å². The third-order valence-corrected chi connectivity index (χ3v) is 6.05. The number of hydrogen-bond donors (Lipinski definition) is 1. The second-order valence-corrected chi connectivity index (χ2v) is 8.54. The maximum Gasteiger partial charge on any atom is 0.263 e. The number of fused-ring (bicyclic) bond motifs is 3. The fraction of sp³-hybridized carbons (Fsp3) is 0.174. The number of carbonyl (C=O) groups excluding carboxylic acids is 1. The summed E-state index contributed by atoms with van der Waals surface area (Å²) in [6, 6.07) is 18.8. The van der Waals surface area contributed by atoms with Gasteiger partial charge in [-0.3, -0.25) is 18.6 Å². The largest absolute Gasteiger partial charge is 0.360 e. The number of thioether (sulfide) groups is 1. The maximum absolute atomic E-state index is 13.2. The molecule has 0 aliphatic carbocycles. The summed E-state index contributed by atoms with van der Waals surface area (Å²) in [6.07, 6.45) is 0.257. The normalized spacial score (nSPS) is 11.3. The number of para-hydroxylation sites is 1. The van der Waals surface area contributed by atoms with Crippen molar-refractivity contribution < 1.29 is 9.32 Å². The van der Waals surface area contributed by atoms with Gasteiger partial charge in [-0.2, -0.15) is 0 Å². The van der Waals surface area contributed by atoms with E-state index in [4.69, 9.17) is 4.52 Å². The number of anilines is 1. The molecule has 0 spiro atoms. The van der Waals surface area contributed by atoms with E-state index in [1.54, 1.807) is 23.6 Å². The van der Waals surface area contributed by atoms with Crippen LogP contribution in [0.4, 0.5) is 5.82 Å². The van der Waals surface area contributed by atoms with Gasteiger partial charge in [0.15, 0.2) is 11.0 Å². The van der Waals surface area contributed by atoms with Crippen molar-refractivity contribution in [3.63, 3.8) is 0 Å². The smallest absolute Gasteiger partial charge is 0.263 e. The lowest BCUT2D eigenvalue weighted by atomic mass is 10.2. The number of nitrogens with one attached hydrogen (secondary N) is 1. The summed E-state index contributed by atoms with van der Waals surface area (Å²) in [6.45, 7) is 2.15. The minimum Gasteiger partial charge on any atom is -0.360 e. The van der Waals surface area contributed by atoms with Gasteiger partial charge < -0.3 is 9.84 Å². The van der Waals surface area contributed by atoms with E-state index < -0.39 is 0 Å². The Labute approximate surface area is 192 Å². The highest BCUT2D eigenvalue weighted by Crippen LogP contribution is 2.22. The Hall–Kier alpha value is -3.92. The van der Waals surface area contributed by atoms with Crippen LogP contribution in [-0.4, -0.2) is 36.0 Å². The van der Waals surface area contributed by atoms with Gasteiger partial charge in [0.1, 0.15) is 5.76 Å². The van der Waals surface area contributed by atoms with Crippen molar-refractivity contribution in [1.82, 2.24) is 24.3 Å². The summed E-state index contributed by atoms with van der Waals surface area (Å²) in [7, 11) is 0. The molecule has 2 aromatic carbocycles. The molecule has 1 N–H and O–H groups in total. The quantitative estimate of drug-likeness (QED) is 0.370. The van der Waals surface area contributed by atoms with E-state index in [0.29, 0.717) is 40.2 Å². The molecule has 33 heavy (non-hydrogen) atoms. The van der Waals surface area contributed by atoms with E-state index in [2.05, 4.69) is 20.7 Å². The standard InChI is InChI=1S/C23H20N6O3S/c1-15-13-19(27-32-15)24-20(30)11-12-33-23-26-25-22-28(14-16-7-3-2-4-8-16)21(31)17-9-5-6-10-18(17)29(22)23/h2-10,13H,11-12,14H2,1H3,(H,24,27,30). The molecule has 166 valence electrons. The van der Waals surface area contributed by atoms with E-state index in [9.17, 15) is 9.59 Å². The number of carbonyl (C=O) groups is 1.